The summed E-state index contributed by atoms with van der Waals surface area (Å²) in [5.41, 5.74) is -0.0644. The highest BCUT2D eigenvalue weighted by Gasteiger charge is 2.15. The van der Waals surface area contributed by atoms with Gasteiger partial charge in [-0.05, 0) is 23.6 Å². The van der Waals surface area contributed by atoms with E-state index in [1.807, 2.05) is 0 Å². The highest BCUT2D eigenvalue weighted by molar-refractivity contribution is 7.12. The van der Waals surface area contributed by atoms with Crippen LogP contribution in [0.5, 0.6) is 0 Å². The van der Waals surface area contributed by atoms with Crippen LogP contribution in [0.2, 0.25) is 5.02 Å². The van der Waals surface area contributed by atoms with Crippen molar-refractivity contribution in [1.82, 2.24) is 0 Å². The smallest absolute Gasteiger partial charge is 0.267 e. The number of carbonyl (C=O) groups is 1. The zero-order chi connectivity index (χ0) is 13.1. The van der Waals surface area contributed by atoms with Gasteiger partial charge in [0.25, 0.3) is 5.91 Å². The lowest BCUT2D eigenvalue weighted by Gasteiger charge is -2.06. The van der Waals surface area contributed by atoms with Crippen molar-refractivity contribution < 1.29 is 9.18 Å². The number of carbonyl (C=O) groups excluding carboxylic acids is 1. The number of thiophene rings is 1. The van der Waals surface area contributed by atoms with Gasteiger partial charge in [-0.3, -0.25) is 4.79 Å². The molecule has 0 unspecified atom stereocenters. The summed E-state index contributed by atoms with van der Waals surface area (Å²) in [5.74, 6) is -1.13. The molecule has 0 fully saturated rings. The molecule has 90 valence electrons. The van der Waals surface area contributed by atoms with E-state index in [0.717, 1.165) is 6.07 Å². The maximum absolute atomic E-state index is 13.3. The second kappa shape index (κ2) is 5.17. The first-order valence-electron chi connectivity index (χ1n) is 4.86. The summed E-state index contributed by atoms with van der Waals surface area (Å²) < 4.78 is 13.3. The second-order valence-electron chi connectivity index (χ2n) is 3.33. The number of rotatable bonds is 2. The standard InChI is InChI=1S/C12H6ClFN2OS/c13-8-4-5-18-11(8)12(17)16-10-3-1-2-9(14)7(10)6-15/h1-5H,(H,16,17). The van der Waals surface area contributed by atoms with Crippen molar-refractivity contribution in [2.45, 2.75) is 0 Å². The molecule has 0 atom stereocenters. The summed E-state index contributed by atoms with van der Waals surface area (Å²) >= 11 is 6.99. The first-order chi connectivity index (χ1) is 8.63. The van der Waals surface area contributed by atoms with Crippen LogP contribution >= 0.6 is 22.9 Å². The van der Waals surface area contributed by atoms with Gasteiger partial charge in [0.1, 0.15) is 22.3 Å². The summed E-state index contributed by atoms with van der Waals surface area (Å²) in [7, 11) is 0. The van der Waals surface area contributed by atoms with Crippen LogP contribution in [0.4, 0.5) is 10.1 Å². The number of hydrogen-bond acceptors (Lipinski definition) is 3. The van der Waals surface area contributed by atoms with Crippen LogP contribution in [0.3, 0.4) is 0 Å². The monoisotopic (exact) mass is 280 g/mol. The van der Waals surface area contributed by atoms with Crippen molar-refractivity contribution in [3.8, 4) is 6.07 Å². The largest absolute Gasteiger partial charge is 0.320 e. The average Bonchev–Trinajstić information content (AvgIpc) is 2.76. The van der Waals surface area contributed by atoms with E-state index in [1.165, 1.54) is 23.5 Å². The van der Waals surface area contributed by atoms with Crippen molar-refractivity contribution in [1.29, 1.82) is 5.26 Å². The van der Waals surface area contributed by atoms with Crippen molar-refractivity contribution in [2.24, 2.45) is 0 Å². The fraction of sp³-hybridized carbons (Fsp3) is 0. The molecule has 0 radical (unpaired) electrons. The molecule has 2 rings (SSSR count). The fourth-order valence-electron chi connectivity index (χ4n) is 1.38. The van der Waals surface area contributed by atoms with Gasteiger partial charge in [-0.2, -0.15) is 5.26 Å². The number of amides is 1. The number of anilines is 1. The number of nitrogens with zero attached hydrogens (tertiary/aromatic N) is 1. The van der Waals surface area contributed by atoms with Gasteiger partial charge in [0.2, 0.25) is 0 Å². The Kier molecular flexibility index (Phi) is 3.60. The van der Waals surface area contributed by atoms with Crippen LogP contribution in [0, 0.1) is 17.1 Å². The van der Waals surface area contributed by atoms with Crippen LogP contribution in [0.15, 0.2) is 29.6 Å². The third-order valence-corrected chi connectivity index (χ3v) is 3.54. The molecule has 0 aliphatic heterocycles. The molecular weight excluding hydrogens is 275 g/mol. The molecule has 0 aliphatic carbocycles. The van der Waals surface area contributed by atoms with E-state index in [4.69, 9.17) is 16.9 Å². The van der Waals surface area contributed by atoms with Gasteiger partial charge >= 0.3 is 0 Å². The molecule has 1 heterocycles. The van der Waals surface area contributed by atoms with E-state index >= 15 is 0 Å². The highest BCUT2D eigenvalue weighted by atomic mass is 35.5. The summed E-state index contributed by atoms with van der Waals surface area (Å²) in [6, 6.07) is 7.34. The van der Waals surface area contributed by atoms with E-state index in [1.54, 1.807) is 17.5 Å². The van der Waals surface area contributed by atoms with Gasteiger partial charge in [0, 0.05) is 0 Å². The highest BCUT2D eigenvalue weighted by Crippen LogP contribution is 2.24. The molecule has 2 aromatic rings. The predicted octanol–water partition coefficient (Wildman–Crippen LogP) is 3.66. The lowest BCUT2D eigenvalue weighted by molar-refractivity contribution is 0.103. The quantitative estimate of drug-likeness (QED) is 0.912. The van der Waals surface area contributed by atoms with Crippen molar-refractivity contribution in [3.63, 3.8) is 0 Å². The van der Waals surface area contributed by atoms with E-state index in [0.29, 0.717) is 9.90 Å². The molecule has 1 amide bonds. The van der Waals surface area contributed by atoms with Gasteiger partial charge in [0.05, 0.1) is 10.7 Å². The van der Waals surface area contributed by atoms with Gasteiger partial charge < -0.3 is 5.32 Å². The molecule has 18 heavy (non-hydrogen) atoms. The van der Waals surface area contributed by atoms with Crippen LogP contribution in [0.25, 0.3) is 0 Å². The molecule has 1 N–H and O–H groups in total. The zero-order valence-corrected chi connectivity index (χ0v) is 10.5. The van der Waals surface area contributed by atoms with Crippen molar-refractivity contribution in [3.05, 3.63) is 50.9 Å². The summed E-state index contributed by atoms with van der Waals surface area (Å²) in [4.78, 5) is 12.2. The fourth-order valence-corrected chi connectivity index (χ4v) is 2.41. The Morgan fingerprint density at radius 3 is 2.83 bits per heavy atom. The Labute approximate surface area is 111 Å². The second-order valence-corrected chi connectivity index (χ2v) is 4.65. The molecule has 0 saturated carbocycles. The van der Waals surface area contributed by atoms with Gasteiger partial charge in [0.15, 0.2) is 0 Å². The minimum Gasteiger partial charge on any atom is -0.320 e. The number of halogens is 2. The Morgan fingerprint density at radius 2 is 2.22 bits per heavy atom. The summed E-state index contributed by atoms with van der Waals surface area (Å²) in [5, 5.41) is 13.3. The van der Waals surface area contributed by atoms with Gasteiger partial charge in [-0.15, -0.1) is 11.3 Å². The van der Waals surface area contributed by atoms with Crippen molar-refractivity contribution >= 4 is 34.5 Å². The van der Waals surface area contributed by atoms with Gasteiger partial charge in [-0.25, -0.2) is 4.39 Å². The number of nitriles is 1. The lowest BCUT2D eigenvalue weighted by Crippen LogP contribution is -2.12. The molecule has 0 spiro atoms. The molecule has 3 nitrogen and oxygen atoms in total. The zero-order valence-electron chi connectivity index (χ0n) is 8.91. The molecule has 0 bridgehead atoms. The van der Waals surface area contributed by atoms with Gasteiger partial charge in [-0.1, -0.05) is 17.7 Å². The first-order valence-corrected chi connectivity index (χ1v) is 6.12. The number of nitrogens with one attached hydrogen (secondary N) is 1. The Balaban J connectivity index is 2.31. The third-order valence-electron chi connectivity index (χ3n) is 2.20. The average molecular weight is 281 g/mol. The molecule has 1 aromatic carbocycles. The Morgan fingerprint density at radius 1 is 1.44 bits per heavy atom. The SMILES string of the molecule is N#Cc1c(F)cccc1NC(=O)c1sccc1Cl. The van der Waals surface area contributed by atoms with Crippen LogP contribution in [-0.4, -0.2) is 5.91 Å². The normalized spacial score (nSPS) is 9.83. The van der Waals surface area contributed by atoms with Crippen LogP contribution in [0.1, 0.15) is 15.2 Å². The number of hydrogen-bond donors (Lipinski definition) is 1. The Bertz CT molecular complexity index is 648. The summed E-state index contributed by atoms with van der Waals surface area (Å²) in [6.07, 6.45) is 0. The minimum absolute atomic E-state index is 0.131. The van der Waals surface area contributed by atoms with Crippen LogP contribution < -0.4 is 5.32 Å². The third kappa shape index (κ3) is 2.35. The van der Waals surface area contributed by atoms with E-state index < -0.39 is 11.7 Å². The molecular formula is C12H6ClFN2OS. The lowest BCUT2D eigenvalue weighted by atomic mass is 10.2. The van der Waals surface area contributed by atoms with E-state index in [-0.39, 0.29) is 11.3 Å². The van der Waals surface area contributed by atoms with E-state index in [9.17, 15) is 9.18 Å². The molecule has 1 aromatic heterocycles. The molecule has 0 aliphatic rings. The minimum atomic E-state index is -0.674. The van der Waals surface area contributed by atoms with Crippen LogP contribution in [-0.2, 0) is 0 Å². The topological polar surface area (TPSA) is 52.9 Å². The molecule has 6 heteroatoms. The van der Waals surface area contributed by atoms with Crippen molar-refractivity contribution in [2.75, 3.05) is 5.32 Å². The maximum atomic E-state index is 13.3. The predicted molar refractivity (Wildman–Crippen MR) is 68.4 cm³/mol. The first kappa shape index (κ1) is 12.6. The molecule has 0 saturated heterocycles. The maximum Gasteiger partial charge on any atom is 0.267 e. The Hall–Kier alpha value is -1.90. The van der Waals surface area contributed by atoms with E-state index in [2.05, 4.69) is 5.32 Å². The summed E-state index contributed by atoms with van der Waals surface area (Å²) in [6.45, 7) is 0. The number of benzene rings is 1.